The van der Waals surface area contributed by atoms with Gasteiger partial charge in [-0.15, -0.1) is 11.3 Å². The van der Waals surface area contributed by atoms with Crippen molar-refractivity contribution in [3.63, 3.8) is 0 Å². The van der Waals surface area contributed by atoms with E-state index in [0.717, 1.165) is 13.1 Å². The Kier molecular flexibility index (Phi) is 6.70. The van der Waals surface area contributed by atoms with E-state index in [0.29, 0.717) is 5.41 Å². The van der Waals surface area contributed by atoms with Crippen LogP contribution in [0, 0.1) is 5.41 Å². The Morgan fingerprint density at radius 3 is 2.53 bits per heavy atom. The molecule has 1 aromatic heterocycles. The van der Waals surface area contributed by atoms with Crippen molar-refractivity contribution >= 4 is 43.2 Å². The first-order valence-electron chi connectivity index (χ1n) is 6.09. The molecule has 0 bridgehead atoms. The van der Waals surface area contributed by atoms with Crippen molar-refractivity contribution < 1.29 is 0 Å². The molecular formula is C13H21Br2NS. The van der Waals surface area contributed by atoms with E-state index in [1.54, 1.807) is 0 Å². The van der Waals surface area contributed by atoms with Crippen LogP contribution in [-0.4, -0.2) is 13.1 Å². The molecule has 1 aromatic rings. The Hall–Kier alpha value is 0.620. The van der Waals surface area contributed by atoms with Gasteiger partial charge < -0.3 is 5.32 Å². The fraction of sp³-hybridized carbons (Fsp3) is 0.692. The smallest absolute Gasteiger partial charge is 0.0843 e. The van der Waals surface area contributed by atoms with Gasteiger partial charge in [-0.3, -0.25) is 0 Å². The Morgan fingerprint density at radius 1 is 1.29 bits per heavy atom. The molecule has 98 valence electrons. The first kappa shape index (κ1) is 15.7. The molecule has 4 heteroatoms. The number of hydrogen-bond donors (Lipinski definition) is 1. The van der Waals surface area contributed by atoms with Crippen molar-refractivity contribution in [2.24, 2.45) is 5.41 Å². The van der Waals surface area contributed by atoms with E-state index < -0.39 is 0 Å². The minimum atomic E-state index is 0.422. The average molecular weight is 383 g/mol. The number of thiophene rings is 1. The fourth-order valence-electron chi connectivity index (χ4n) is 1.70. The molecule has 1 heterocycles. The molecule has 17 heavy (non-hydrogen) atoms. The van der Waals surface area contributed by atoms with Crippen LogP contribution < -0.4 is 5.32 Å². The average Bonchev–Trinajstić information content (AvgIpc) is 2.56. The highest BCUT2D eigenvalue weighted by atomic mass is 79.9. The molecule has 0 aliphatic carbocycles. The highest BCUT2D eigenvalue weighted by molar-refractivity contribution is 9.13. The molecule has 0 saturated heterocycles. The summed E-state index contributed by atoms with van der Waals surface area (Å²) in [6, 6.07) is 2.23. The second-order valence-electron chi connectivity index (χ2n) is 5.10. The van der Waals surface area contributed by atoms with Crippen molar-refractivity contribution in [2.75, 3.05) is 13.1 Å². The van der Waals surface area contributed by atoms with Gasteiger partial charge in [-0.05, 0) is 75.7 Å². The molecule has 1 N–H and O–H groups in total. The summed E-state index contributed by atoms with van der Waals surface area (Å²) in [6.07, 6.45) is 3.67. The molecule has 1 nitrogen and oxygen atoms in total. The standard InChI is InChI=1S/C13H21Br2NS/c1-4-16-8-7-13(2,3)6-5-10-9-11(14)12(15)17-10/h9,16H,4-8H2,1-3H3. The van der Waals surface area contributed by atoms with Crippen molar-refractivity contribution in [1.29, 1.82) is 0 Å². The number of halogens is 2. The van der Waals surface area contributed by atoms with Crippen LogP contribution in [-0.2, 0) is 6.42 Å². The van der Waals surface area contributed by atoms with Gasteiger partial charge in [0.15, 0.2) is 0 Å². The first-order chi connectivity index (χ1) is 7.94. The molecule has 0 aromatic carbocycles. The van der Waals surface area contributed by atoms with E-state index in [2.05, 4.69) is 64.0 Å². The SMILES string of the molecule is CCNCCC(C)(C)CCc1cc(Br)c(Br)s1. The third-order valence-electron chi connectivity index (χ3n) is 2.97. The number of rotatable bonds is 7. The summed E-state index contributed by atoms with van der Waals surface area (Å²) < 4.78 is 2.39. The van der Waals surface area contributed by atoms with Crippen LogP contribution in [0.1, 0.15) is 38.5 Å². The number of nitrogens with one attached hydrogen (secondary N) is 1. The maximum atomic E-state index is 3.55. The zero-order valence-electron chi connectivity index (χ0n) is 10.8. The van der Waals surface area contributed by atoms with Gasteiger partial charge in [-0.1, -0.05) is 20.8 Å². The highest BCUT2D eigenvalue weighted by Crippen LogP contribution is 2.35. The van der Waals surface area contributed by atoms with Crippen LogP contribution >= 0.6 is 43.2 Å². The van der Waals surface area contributed by atoms with Gasteiger partial charge >= 0.3 is 0 Å². The second kappa shape index (κ2) is 7.27. The van der Waals surface area contributed by atoms with Gasteiger partial charge in [0.05, 0.1) is 3.79 Å². The van der Waals surface area contributed by atoms with Gasteiger partial charge in [-0.2, -0.15) is 0 Å². The molecule has 0 spiro atoms. The second-order valence-corrected chi connectivity index (χ2v) is 8.41. The lowest BCUT2D eigenvalue weighted by molar-refractivity contribution is 0.304. The normalized spacial score (nSPS) is 12.1. The predicted molar refractivity (Wildman–Crippen MR) is 85.0 cm³/mol. The summed E-state index contributed by atoms with van der Waals surface area (Å²) in [5, 5.41) is 3.40. The molecule has 0 saturated carbocycles. The first-order valence-corrected chi connectivity index (χ1v) is 8.49. The minimum absolute atomic E-state index is 0.422. The van der Waals surface area contributed by atoms with Crippen LogP contribution in [0.3, 0.4) is 0 Å². The van der Waals surface area contributed by atoms with E-state index in [-0.39, 0.29) is 0 Å². The third-order valence-corrected chi connectivity index (χ3v) is 6.29. The highest BCUT2D eigenvalue weighted by Gasteiger charge is 2.17. The summed E-state index contributed by atoms with van der Waals surface area (Å²) in [5.41, 5.74) is 0.422. The Bertz CT molecular complexity index is 328. The minimum Gasteiger partial charge on any atom is -0.317 e. The van der Waals surface area contributed by atoms with Crippen LogP contribution in [0.2, 0.25) is 0 Å². The van der Waals surface area contributed by atoms with Gasteiger partial charge in [0.2, 0.25) is 0 Å². The lowest BCUT2D eigenvalue weighted by Crippen LogP contribution is -2.22. The predicted octanol–water partition coefficient (Wildman–Crippen LogP) is 5.23. The molecule has 0 amide bonds. The molecule has 0 fully saturated rings. The Balaban J connectivity index is 2.38. The Morgan fingerprint density at radius 2 is 2.00 bits per heavy atom. The molecular weight excluding hydrogens is 362 g/mol. The van der Waals surface area contributed by atoms with Crippen LogP contribution in [0.5, 0.6) is 0 Å². The lowest BCUT2D eigenvalue weighted by Gasteiger charge is -2.24. The maximum absolute atomic E-state index is 3.55. The topological polar surface area (TPSA) is 12.0 Å². The van der Waals surface area contributed by atoms with E-state index in [4.69, 9.17) is 0 Å². The largest absolute Gasteiger partial charge is 0.317 e. The molecule has 0 aliphatic heterocycles. The van der Waals surface area contributed by atoms with Crippen molar-refractivity contribution in [1.82, 2.24) is 5.32 Å². The van der Waals surface area contributed by atoms with Crippen LogP contribution in [0.15, 0.2) is 14.3 Å². The maximum Gasteiger partial charge on any atom is 0.0843 e. The quantitative estimate of drug-likeness (QED) is 0.636. The molecule has 0 atom stereocenters. The molecule has 1 rings (SSSR count). The van der Waals surface area contributed by atoms with E-state index in [9.17, 15) is 0 Å². The summed E-state index contributed by atoms with van der Waals surface area (Å²) in [6.45, 7) is 9.08. The Labute approximate surface area is 126 Å². The van der Waals surface area contributed by atoms with E-state index in [1.807, 2.05) is 11.3 Å². The molecule has 0 radical (unpaired) electrons. The van der Waals surface area contributed by atoms with Gasteiger partial charge in [0.25, 0.3) is 0 Å². The van der Waals surface area contributed by atoms with E-state index in [1.165, 1.54) is 32.4 Å². The molecule has 0 unspecified atom stereocenters. The third kappa shape index (κ3) is 5.86. The van der Waals surface area contributed by atoms with Crippen LogP contribution in [0.25, 0.3) is 0 Å². The van der Waals surface area contributed by atoms with Gasteiger partial charge in [0.1, 0.15) is 0 Å². The number of hydrogen-bond acceptors (Lipinski definition) is 2. The summed E-state index contributed by atoms with van der Waals surface area (Å²) in [5.74, 6) is 0. The van der Waals surface area contributed by atoms with Crippen LogP contribution in [0.4, 0.5) is 0 Å². The van der Waals surface area contributed by atoms with Gasteiger partial charge in [0, 0.05) is 9.35 Å². The lowest BCUT2D eigenvalue weighted by atomic mass is 9.84. The fourth-order valence-corrected chi connectivity index (χ4v) is 3.88. The molecule has 0 aliphatic rings. The van der Waals surface area contributed by atoms with Gasteiger partial charge in [-0.25, -0.2) is 0 Å². The van der Waals surface area contributed by atoms with E-state index >= 15 is 0 Å². The van der Waals surface area contributed by atoms with Crippen molar-refractivity contribution in [2.45, 2.75) is 40.0 Å². The van der Waals surface area contributed by atoms with Crippen molar-refractivity contribution in [3.8, 4) is 0 Å². The summed E-state index contributed by atoms with van der Waals surface area (Å²) in [4.78, 5) is 1.46. The zero-order valence-corrected chi connectivity index (χ0v) is 14.8. The summed E-state index contributed by atoms with van der Waals surface area (Å²) in [7, 11) is 0. The summed E-state index contributed by atoms with van der Waals surface area (Å²) >= 11 is 8.93. The number of aryl methyl sites for hydroxylation is 1. The zero-order chi connectivity index (χ0) is 12.9. The monoisotopic (exact) mass is 381 g/mol. The van der Waals surface area contributed by atoms with Crippen molar-refractivity contribution in [3.05, 3.63) is 19.2 Å².